The Morgan fingerprint density at radius 1 is 0.857 bits per heavy atom. The van der Waals surface area contributed by atoms with Crippen molar-refractivity contribution in [2.45, 2.75) is 25.7 Å². The number of piperidine rings is 1. The molecule has 1 unspecified atom stereocenters. The molecule has 0 bridgehead atoms. The topological polar surface area (TPSA) is 3.24 Å². The molecule has 1 fully saturated rings. The lowest BCUT2D eigenvalue weighted by molar-refractivity contribution is 0.176. The van der Waals surface area contributed by atoms with Crippen molar-refractivity contribution in [3.05, 3.63) is 71.8 Å². The van der Waals surface area contributed by atoms with Gasteiger partial charge in [-0.25, -0.2) is 0 Å². The maximum absolute atomic E-state index is 2.66. The lowest BCUT2D eigenvalue weighted by atomic mass is 9.91. The molecule has 1 heteroatoms. The summed E-state index contributed by atoms with van der Waals surface area (Å²) in [6.45, 7) is 3.75. The standard InChI is InChI=1S/C20H25N/c1-3-8-18(9-4-1)13-15-21-14-7-12-20(17-21)16-19-10-5-2-6-11-19/h1-6,8-11,20H,7,12-17H2. The van der Waals surface area contributed by atoms with Crippen LogP contribution in [0.25, 0.3) is 0 Å². The van der Waals surface area contributed by atoms with Gasteiger partial charge in [0, 0.05) is 13.1 Å². The summed E-state index contributed by atoms with van der Waals surface area (Å²) in [4.78, 5) is 2.66. The molecule has 2 aromatic carbocycles. The van der Waals surface area contributed by atoms with Gasteiger partial charge in [-0.2, -0.15) is 0 Å². The first kappa shape index (κ1) is 14.3. The van der Waals surface area contributed by atoms with E-state index in [1.807, 2.05) is 0 Å². The van der Waals surface area contributed by atoms with E-state index in [0.717, 1.165) is 5.92 Å². The fraction of sp³-hybridized carbons (Fsp3) is 0.400. The van der Waals surface area contributed by atoms with Gasteiger partial charge in [-0.15, -0.1) is 0 Å². The Balaban J connectivity index is 1.49. The Morgan fingerprint density at radius 3 is 2.24 bits per heavy atom. The van der Waals surface area contributed by atoms with Gasteiger partial charge in [-0.1, -0.05) is 60.7 Å². The minimum atomic E-state index is 0.830. The first-order chi connectivity index (χ1) is 10.4. The summed E-state index contributed by atoms with van der Waals surface area (Å²) in [5.41, 5.74) is 2.95. The van der Waals surface area contributed by atoms with Gasteiger partial charge in [-0.3, -0.25) is 0 Å². The van der Waals surface area contributed by atoms with Gasteiger partial charge >= 0.3 is 0 Å². The van der Waals surface area contributed by atoms with E-state index in [1.54, 1.807) is 0 Å². The molecule has 1 heterocycles. The van der Waals surface area contributed by atoms with Gasteiger partial charge in [0.05, 0.1) is 0 Å². The molecule has 21 heavy (non-hydrogen) atoms. The zero-order chi connectivity index (χ0) is 14.3. The van der Waals surface area contributed by atoms with Crippen molar-refractivity contribution in [3.63, 3.8) is 0 Å². The van der Waals surface area contributed by atoms with E-state index in [4.69, 9.17) is 0 Å². The molecule has 1 aliphatic rings. The summed E-state index contributed by atoms with van der Waals surface area (Å²) in [7, 11) is 0. The van der Waals surface area contributed by atoms with Gasteiger partial charge in [0.25, 0.3) is 0 Å². The molecule has 0 N–H and O–H groups in total. The molecule has 1 saturated heterocycles. The van der Waals surface area contributed by atoms with Crippen molar-refractivity contribution < 1.29 is 0 Å². The van der Waals surface area contributed by atoms with E-state index in [1.165, 1.54) is 56.4 Å². The fourth-order valence-electron chi connectivity index (χ4n) is 3.40. The second kappa shape index (κ2) is 7.42. The monoisotopic (exact) mass is 279 g/mol. The van der Waals surface area contributed by atoms with E-state index in [-0.39, 0.29) is 0 Å². The highest BCUT2D eigenvalue weighted by Crippen LogP contribution is 2.21. The number of benzene rings is 2. The van der Waals surface area contributed by atoms with Crippen LogP contribution in [0.4, 0.5) is 0 Å². The van der Waals surface area contributed by atoms with E-state index in [0.29, 0.717) is 0 Å². The minimum Gasteiger partial charge on any atom is -0.303 e. The number of hydrogen-bond donors (Lipinski definition) is 0. The van der Waals surface area contributed by atoms with Crippen molar-refractivity contribution in [3.8, 4) is 0 Å². The Morgan fingerprint density at radius 2 is 1.52 bits per heavy atom. The predicted molar refractivity (Wildman–Crippen MR) is 89.5 cm³/mol. The smallest absolute Gasteiger partial charge is 0.00219 e. The molecule has 3 rings (SSSR count). The third-order valence-electron chi connectivity index (χ3n) is 4.53. The van der Waals surface area contributed by atoms with Gasteiger partial charge in [-0.05, 0) is 49.3 Å². The van der Waals surface area contributed by atoms with E-state index >= 15 is 0 Å². The van der Waals surface area contributed by atoms with Crippen LogP contribution in [0.1, 0.15) is 24.0 Å². The zero-order valence-corrected chi connectivity index (χ0v) is 12.7. The molecular formula is C20H25N. The number of likely N-dealkylation sites (tertiary alicyclic amines) is 1. The lowest BCUT2D eigenvalue weighted by Gasteiger charge is -2.32. The number of nitrogens with zero attached hydrogens (tertiary/aromatic N) is 1. The fourth-order valence-corrected chi connectivity index (χ4v) is 3.40. The minimum absolute atomic E-state index is 0.830. The molecule has 0 radical (unpaired) electrons. The quantitative estimate of drug-likeness (QED) is 0.793. The van der Waals surface area contributed by atoms with Crippen molar-refractivity contribution in [1.82, 2.24) is 4.90 Å². The molecular weight excluding hydrogens is 254 g/mol. The molecule has 0 amide bonds. The summed E-state index contributed by atoms with van der Waals surface area (Å²) in [5.74, 6) is 0.830. The molecule has 2 aromatic rings. The van der Waals surface area contributed by atoms with Crippen LogP contribution in [0.15, 0.2) is 60.7 Å². The zero-order valence-electron chi connectivity index (χ0n) is 12.7. The highest BCUT2D eigenvalue weighted by Gasteiger charge is 2.19. The van der Waals surface area contributed by atoms with E-state index in [2.05, 4.69) is 65.6 Å². The van der Waals surface area contributed by atoms with Crippen LogP contribution in [-0.4, -0.2) is 24.5 Å². The van der Waals surface area contributed by atoms with Crippen LogP contribution < -0.4 is 0 Å². The van der Waals surface area contributed by atoms with Crippen LogP contribution in [0.5, 0.6) is 0 Å². The van der Waals surface area contributed by atoms with Crippen molar-refractivity contribution in [2.75, 3.05) is 19.6 Å². The average Bonchev–Trinajstić information content (AvgIpc) is 2.55. The normalized spacial score (nSPS) is 19.5. The van der Waals surface area contributed by atoms with Crippen molar-refractivity contribution >= 4 is 0 Å². The van der Waals surface area contributed by atoms with Crippen LogP contribution in [0, 0.1) is 5.92 Å². The Kier molecular flexibility index (Phi) is 5.07. The first-order valence-electron chi connectivity index (χ1n) is 8.20. The maximum atomic E-state index is 2.66. The number of hydrogen-bond acceptors (Lipinski definition) is 1. The highest BCUT2D eigenvalue weighted by atomic mass is 15.1. The van der Waals surface area contributed by atoms with Crippen molar-refractivity contribution in [2.24, 2.45) is 5.92 Å². The molecule has 110 valence electrons. The average molecular weight is 279 g/mol. The van der Waals surface area contributed by atoms with Crippen LogP contribution in [0.3, 0.4) is 0 Å². The predicted octanol–water partition coefficient (Wildman–Crippen LogP) is 4.18. The molecule has 1 aliphatic heterocycles. The first-order valence-corrected chi connectivity index (χ1v) is 8.20. The lowest BCUT2D eigenvalue weighted by Crippen LogP contribution is -2.37. The second-order valence-corrected chi connectivity index (χ2v) is 6.23. The van der Waals surface area contributed by atoms with Crippen molar-refractivity contribution in [1.29, 1.82) is 0 Å². The third kappa shape index (κ3) is 4.44. The summed E-state index contributed by atoms with van der Waals surface area (Å²) < 4.78 is 0. The summed E-state index contributed by atoms with van der Waals surface area (Å²) in [6.07, 6.45) is 5.16. The Bertz CT molecular complexity index is 520. The third-order valence-corrected chi connectivity index (χ3v) is 4.53. The summed E-state index contributed by atoms with van der Waals surface area (Å²) in [5, 5.41) is 0. The van der Waals surface area contributed by atoms with Gasteiger partial charge in [0.2, 0.25) is 0 Å². The SMILES string of the molecule is c1ccc(CCN2CCCC(Cc3ccccc3)C2)cc1. The summed E-state index contributed by atoms with van der Waals surface area (Å²) in [6, 6.07) is 21.8. The summed E-state index contributed by atoms with van der Waals surface area (Å²) >= 11 is 0. The second-order valence-electron chi connectivity index (χ2n) is 6.23. The maximum Gasteiger partial charge on any atom is 0.00219 e. The van der Waals surface area contributed by atoms with Gasteiger partial charge < -0.3 is 4.90 Å². The van der Waals surface area contributed by atoms with Crippen LogP contribution in [-0.2, 0) is 12.8 Å². The molecule has 1 nitrogen and oxygen atoms in total. The largest absolute Gasteiger partial charge is 0.303 e. The van der Waals surface area contributed by atoms with Crippen LogP contribution >= 0.6 is 0 Å². The number of rotatable bonds is 5. The van der Waals surface area contributed by atoms with Gasteiger partial charge in [0.15, 0.2) is 0 Å². The van der Waals surface area contributed by atoms with E-state index < -0.39 is 0 Å². The van der Waals surface area contributed by atoms with E-state index in [9.17, 15) is 0 Å². The van der Waals surface area contributed by atoms with Gasteiger partial charge in [0.1, 0.15) is 0 Å². The molecule has 0 spiro atoms. The molecule has 1 atom stereocenters. The molecule has 0 saturated carbocycles. The highest BCUT2D eigenvalue weighted by molar-refractivity contribution is 5.16. The Labute approximate surface area is 128 Å². The Hall–Kier alpha value is -1.60. The molecule has 0 aromatic heterocycles. The van der Waals surface area contributed by atoms with Crippen LogP contribution in [0.2, 0.25) is 0 Å². The molecule has 0 aliphatic carbocycles.